The van der Waals surface area contributed by atoms with Gasteiger partial charge in [0.1, 0.15) is 22.3 Å². The zero-order valence-electron chi connectivity index (χ0n) is 8.47. The van der Waals surface area contributed by atoms with Crippen molar-refractivity contribution in [2.45, 2.75) is 4.90 Å². The molecule has 0 aliphatic heterocycles. The minimum absolute atomic E-state index is 0.527. The molecule has 0 aliphatic rings. The van der Waals surface area contributed by atoms with Crippen LogP contribution in [0.2, 0.25) is 0 Å². The average molecular weight is 257 g/mol. The molecule has 90 valence electrons. The van der Waals surface area contributed by atoms with E-state index in [9.17, 15) is 17.6 Å². The van der Waals surface area contributed by atoms with Crippen LogP contribution in [0, 0.1) is 17.1 Å². The number of nitriles is 1. The van der Waals surface area contributed by atoms with Crippen LogP contribution < -0.4 is 10.5 Å². The van der Waals surface area contributed by atoms with Crippen LogP contribution in [0.4, 0.5) is 4.39 Å². The lowest BCUT2D eigenvalue weighted by Gasteiger charge is -2.06. The van der Waals surface area contributed by atoms with E-state index >= 15 is 0 Å². The third-order valence-corrected chi connectivity index (χ3v) is 3.26. The number of hydrogen-bond acceptors (Lipinski definition) is 4. The number of halogens is 1. The molecular formula is C9H8FN3O3S. The molecule has 1 aromatic rings. The summed E-state index contributed by atoms with van der Waals surface area (Å²) in [5, 5.41) is 8.67. The van der Waals surface area contributed by atoms with Gasteiger partial charge in [0.25, 0.3) is 0 Å². The van der Waals surface area contributed by atoms with Crippen LogP contribution in [0.3, 0.4) is 0 Å². The summed E-state index contributed by atoms with van der Waals surface area (Å²) in [6.07, 6.45) is 0. The maximum Gasteiger partial charge on any atom is 0.242 e. The quantitative estimate of drug-likeness (QED) is 0.754. The van der Waals surface area contributed by atoms with Crippen molar-refractivity contribution in [1.82, 2.24) is 4.72 Å². The normalized spacial score (nSPS) is 10.8. The molecule has 8 heteroatoms. The summed E-state index contributed by atoms with van der Waals surface area (Å²) < 4.78 is 38.3. The number of hydrogen-bond donors (Lipinski definition) is 2. The Labute approximate surface area is 96.9 Å². The number of carbonyl (C=O) groups is 1. The first-order valence-electron chi connectivity index (χ1n) is 4.35. The predicted molar refractivity (Wildman–Crippen MR) is 55.5 cm³/mol. The Balaban J connectivity index is 3.21. The third-order valence-electron chi connectivity index (χ3n) is 1.81. The molecule has 0 unspecified atom stereocenters. The molecule has 0 bridgehead atoms. The maximum absolute atomic E-state index is 13.2. The lowest BCUT2D eigenvalue weighted by atomic mass is 10.2. The summed E-state index contributed by atoms with van der Waals surface area (Å²) >= 11 is 0. The Morgan fingerprint density at radius 1 is 1.53 bits per heavy atom. The molecule has 3 N–H and O–H groups in total. The monoisotopic (exact) mass is 257 g/mol. The van der Waals surface area contributed by atoms with Crippen LogP contribution in [-0.4, -0.2) is 20.9 Å². The molecule has 1 rings (SSSR count). The standard InChI is InChI=1S/C9H8FN3O3S/c10-7-2-1-3-8(6(7)4-11)17(15,16)13-5-9(12)14/h1-3,13H,5H2,(H2,12,14). The lowest BCUT2D eigenvalue weighted by Crippen LogP contribution is -2.33. The van der Waals surface area contributed by atoms with E-state index < -0.39 is 38.8 Å². The highest BCUT2D eigenvalue weighted by molar-refractivity contribution is 7.89. The van der Waals surface area contributed by atoms with E-state index in [1.165, 1.54) is 6.07 Å². The predicted octanol–water partition coefficient (Wildman–Crippen LogP) is -0.539. The van der Waals surface area contributed by atoms with Crippen molar-refractivity contribution in [2.24, 2.45) is 5.73 Å². The van der Waals surface area contributed by atoms with Crippen molar-refractivity contribution in [3.05, 3.63) is 29.6 Å². The van der Waals surface area contributed by atoms with Crippen LogP contribution in [0.25, 0.3) is 0 Å². The summed E-state index contributed by atoms with van der Waals surface area (Å²) in [6.45, 7) is -0.621. The number of nitrogens with two attached hydrogens (primary N) is 1. The number of amides is 1. The lowest BCUT2D eigenvalue weighted by molar-refractivity contribution is -0.116. The molecule has 1 aromatic carbocycles. The fourth-order valence-corrected chi connectivity index (χ4v) is 2.24. The van der Waals surface area contributed by atoms with Gasteiger partial charge in [-0.15, -0.1) is 0 Å². The van der Waals surface area contributed by atoms with Gasteiger partial charge in [-0.2, -0.15) is 5.26 Å². The maximum atomic E-state index is 13.2. The van der Waals surface area contributed by atoms with Crippen molar-refractivity contribution in [3.63, 3.8) is 0 Å². The zero-order valence-corrected chi connectivity index (χ0v) is 9.29. The van der Waals surface area contributed by atoms with Crippen LogP contribution in [0.5, 0.6) is 0 Å². The van der Waals surface area contributed by atoms with Crippen molar-refractivity contribution >= 4 is 15.9 Å². The van der Waals surface area contributed by atoms with E-state index in [-0.39, 0.29) is 0 Å². The molecule has 0 saturated carbocycles. The molecular weight excluding hydrogens is 249 g/mol. The number of primary amides is 1. The molecule has 1 amide bonds. The van der Waals surface area contributed by atoms with Gasteiger partial charge in [0, 0.05) is 0 Å². The highest BCUT2D eigenvalue weighted by Gasteiger charge is 2.21. The number of benzene rings is 1. The van der Waals surface area contributed by atoms with E-state index in [4.69, 9.17) is 11.0 Å². The van der Waals surface area contributed by atoms with E-state index in [1.54, 1.807) is 0 Å². The van der Waals surface area contributed by atoms with Crippen LogP contribution >= 0.6 is 0 Å². The fraction of sp³-hybridized carbons (Fsp3) is 0.111. The average Bonchev–Trinajstić information content (AvgIpc) is 2.26. The zero-order chi connectivity index (χ0) is 13.1. The van der Waals surface area contributed by atoms with Gasteiger partial charge in [-0.05, 0) is 12.1 Å². The molecule has 0 heterocycles. The topological polar surface area (TPSA) is 113 Å². The van der Waals surface area contributed by atoms with Crippen molar-refractivity contribution in [3.8, 4) is 6.07 Å². The van der Waals surface area contributed by atoms with Gasteiger partial charge in [-0.3, -0.25) is 4.79 Å². The highest BCUT2D eigenvalue weighted by Crippen LogP contribution is 2.17. The van der Waals surface area contributed by atoms with Gasteiger partial charge in [-0.25, -0.2) is 17.5 Å². The minimum atomic E-state index is -4.13. The minimum Gasteiger partial charge on any atom is -0.369 e. The third kappa shape index (κ3) is 2.99. The van der Waals surface area contributed by atoms with Gasteiger partial charge in [0.2, 0.25) is 15.9 Å². The summed E-state index contributed by atoms with van der Waals surface area (Å²) in [7, 11) is -4.13. The molecule has 0 aromatic heterocycles. The Kier molecular flexibility index (Phi) is 3.77. The van der Waals surface area contributed by atoms with Gasteiger partial charge in [-0.1, -0.05) is 6.07 Å². The number of nitrogens with one attached hydrogen (secondary N) is 1. The number of carbonyl (C=O) groups excluding carboxylic acids is 1. The Hall–Kier alpha value is -1.98. The number of rotatable bonds is 4. The van der Waals surface area contributed by atoms with Gasteiger partial charge >= 0.3 is 0 Å². The molecule has 17 heavy (non-hydrogen) atoms. The highest BCUT2D eigenvalue weighted by atomic mass is 32.2. The molecule has 0 radical (unpaired) electrons. The summed E-state index contributed by atoms with van der Waals surface area (Å²) in [5.41, 5.74) is 4.17. The summed E-state index contributed by atoms with van der Waals surface area (Å²) in [4.78, 5) is 9.93. The molecule has 0 spiro atoms. The Bertz CT molecular complexity index is 592. The van der Waals surface area contributed by atoms with Crippen LogP contribution in [0.1, 0.15) is 5.56 Å². The molecule has 0 aliphatic carbocycles. The van der Waals surface area contributed by atoms with Gasteiger partial charge in [0.15, 0.2) is 0 Å². The number of nitrogens with zero attached hydrogens (tertiary/aromatic N) is 1. The van der Waals surface area contributed by atoms with E-state index in [0.717, 1.165) is 18.2 Å². The molecule has 6 nitrogen and oxygen atoms in total. The number of sulfonamides is 1. The van der Waals surface area contributed by atoms with Gasteiger partial charge < -0.3 is 5.73 Å². The van der Waals surface area contributed by atoms with E-state index in [1.807, 2.05) is 4.72 Å². The smallest absolute Gasteiger partial charge is 0.242 e. The SMILES string of the molecule is N#Cc1c(F)cccc1S(=O)(=O)NCC(N)=O. The van der Waals surface area contributed by atoms with E-state index in [2.05, 4.69) is 0 Å². The summed E-state index contributed by atoms with van der Waals surface area (Å²) in [5.74, 6) is -1.84. The molecule has 0 saturated heterocycles. The first-order valence-corrected chi connectivity index (χ1v) is 5.83. The van der Waals surface area contributed by atoms with E-state index in [0.29, 0.717) is 0 Å². The first kappa shape index (κ1) is 13.1. The van der Waals surface area contributed by atoms with Crippen LogP contribution in [0.15, 0.2) is 23.1 Å². The Morgan fingerprint density at radius 3 is 2.71 bits per heavy atom. The summed E-state index contributed by atoms with van der Waals surface area (Å²) in [6, 6.07) is 4.62. The first-order chi connectivity index (χ1) is 7.88. The molecule has 0 atom stereocenters. The van der Waals surface area contributed by atoms with Gasteiger partial charge in [0.05, 0.1) is 6.54 Å². The second-order valence-electron chi connectivity index (χ2n) is 3.02. The second kappa shape index (κ2) is 4.90. The van der Waals surface area contributed by atoms with Crippen molar-refractivity contribution < 1.29 is 17.6 Å². The Morgan fingerprint density at radius 2 is 2.18 bits per heavy atom. The second-order valence-corrected chi connectivity index (χ2v) is 4.75. The van der Waals surface area contributed by atoms with Crippen LogP contribution in [-0.2, 0) is 14.8 Å². The largest absolute Gasteiger partial charge is 0.369 e. The molecule has 0 fully saturated rings. The van der Waals surface area contributed by atoms with Crippen molar-refractivity contribution in [2.75, 3.05) is 6.54 Å². The fourth-order valence-electron chi connectivity index (χ4n) is 1.08. The van der Waals surface area contributed by atoms with Crippen molar-refractivity contribution in [1.29, 1.82) is 5.26 Å².